The van der Waals surface area contributed by atoms with Gasteiger partial charge in [0.15, 0.2) is 0 Å². The average molecular weight is 593 g/mol. The van der Waals surface area contributed by atoms with Gasteiger partial charge in [-0.15, -0.1) is 0 Å². The molecule has 3 N–H and O–H groups in total. The van der Waals surface area contributed by atoms with E-state index in [4.69, 9.17) is 26.3 Å². The quantitative estimate of drug-likeness (QED) is 0.293. The van der Waals surface area contributed by atoms with Crippen LogP contribution in [0.4, 0.5) is 17.6 Å². The summed E-state index contributed by atoms with van der Waals surface area (Å²) in [5.74, 6) is -1.61. The summed E-state index contributed by atoms with van der Waals surface area (Å²) >= 11 is 7.43. The number of pyridine rings is 1. The maximum atomic E-state index is 13.9. The maximum Gasteiger partial charge on any atom is 0.425 e. The molecule has 1 aromatic heterocycles. The summed E-state index contributed by atoms with van der Waals surface area (Å²) < 4.78 is 65.6. The SMILES string of the molecule is C[C@]1(C(N)=O)COc2c1cc([C@@](O)(COSI)C(F)(F)F)nc2-c1ccc(F)c(Cl)c1. The topological polar surface area (TPSA) is 94.7 Å². The van der Waals surface area contributed by atoms with Crippen LogP contribution in [0.1, 0.15) is 18.2 Å². The Hall–Kier alpha value is -1.35. The Morgan fingerprint density at radius 1 is 1.45 bits per heavy atom. The number of hydrogen-bond donors (Lipinski definition) is 2. The van der Waals surface area contributed by atoms with Crippen molar-refractivity contribution in [1.29, 1.82) is 0 Å². The minimum Gasteiger partial charge on any atom is -0.489 e. The molecule has 0 bridgehead atoms. The third-order valence-electron chi connectivity index (χ3n) is 5.01. The van der Waals surface area contributed by atoms with Crippen molar-refractivity contribution in [1.82, 2.24) is 4.98 Å². The van der Waals surface area contributed by atoms with Crippen LogP contribution in [0.15, 0.2) is 24.3 Å². The Labute approximate surface area is 195 Å². The fourth-order valence-corrected chi connectivity index (χ4v) is 3.82. The molecule has 0 fully saturated rings. The molecule has 3 rings (SSSR count). The first kappa shape index (κ1) is 24.3. The first-order valence-corrected chi connectivity index (χ1v) is 12.1. The molecule has 0 saturated heterocycles. The highest BCUT2D eigenvalue weighted by Gasteiger charge is 2.58. The van der Waals surface area contributed by atoms with Gasteiger partial charge in [0.1, 0.15) is 35.9 Å². The zero-order valence-electron chi connectivity index (χ0n) is 15.6. The van der Waals surface area contributed by atoms with Gasteiger partial charge in [-0.2, -0.15) is 13.2 Å². The molecule has 1 aliphatic heterocycles. The predicted octanol–water partition coefficient (Wildman–Crippen LogP) is 4.44. The molecular weight excluding hydrogens is 579 g/mol. The molecule has 2 heterocycles. The number of carbonyl (C=O) groups excluding carboxylic acids is 1. The predicted molar refractivity (Wildman–Crippen MR) is 114 cm³/mol. The summed E-state index contributed by atoms with van der Waals surface area (Å²) in [6, 6.07) is 4.32. The molecule has 31 heavy (non-hydrogen) atoms. The molecule has 1 aromatic carbocycles. The highest BCUT2D eigenvalue weighted by atomic mass is 127. The number of benzene rings is 1. The summed E-state index contributed by atoms with van der Waals surface area (Å²) in [6.45, 7) is -0.0287. The number of nitrogens with zero attached hydrogens (tertiary/aromatic N) is 1. The third-order valence-corrected chi connectivity index (χ3v) is 6.27. The van der Waals surface area contributed by atoms with E-state index < -0.39 is 41.2 Å². The number of carbonyl (C=O) groups is 1. The van der Waals surface area contributed by atoms with Gasteiger partial charge in [-0.1, -0.05) is 11.6 Å². The van der Waals surface area contributed by atoms with Gasteiger partial charge in [0.25, 0.3) is 0 Å². The second-order valence-electron chi connectivity index (χ2n) is 7.03. The van der Waals surface area contributed by atoms with E-state index in [1.54, 1.807) is 21.2 Å². The zero-order valence-corrected chi connectivity index (χ0v) is 19.3. The zero-order chi connectivity index (χ0) is 23.2. The number of nitrogens with two attached hydrogens (primary N) is 1. The van der Waals surface area contributed by atoms with Crippen LogP contribution in [0.5, 0.6) is 5.75 Å². The summed E-state index contributed by atoms with van der Waals surface area (Å²) in [7, 11) is 0.598. The van der Waals surface area contributed by atoms with Crippen LogP contribution < -0.4 is 10.5 Å². The van der Waals surface area contributed by atoms with Gasteiger partial charge >= 0.3 is 6.18 Å². The number of amides is 1. The fraction of sp³-hybridized carbons (Fsp3) is 0.333. The van der Waals surface area contributed by atoms with Gasteiger partial charge in [-0.25, -0.2) is 9.37 Å². The first-order chi connectivity index (χ1) is 14.3. The molecule has 168 valence electrons. The summed E-state index contributed by atoms with van der Waals surface area (Å²) in [5.41, 5.74) is -0.398. The van der Waals surface area contributed by atoms with Crippen LogP contribution in [-0.2, 0) is 20.0 Å². The van der Waals surface area contributed by atoms with Crippen molar-refractivity contribution in [2.75, 3.05) is 13.2 Å². The summed E-state index contributed by atoms with van der Waals surface area (Å²) in [6.07, 6.45) is -5.18. The van der Waals surface area contributed by atoms with Crippen molar-refractivity contribution in [3.05, 3.63) is 46.4 Å². The van der Waals surface area contributed by atoms with Crippen molar-refractivity contribution in [3.63, 3.8) is 0 Å². The molecule has 0 aliphatic carbocycles. The molecule has 6 nitrogen and oxygen atoms in total. The minimum absolute atomic E-state index is 0.00486. The van der Waals surface area contributed by atoms with E-state index in [-0.39, 0.29) is 34.2 Å². The lowest BCUT2D eigenvalue weighted by atomic mass is 9.82. The summed E-state index contributed by atoms with van der Waals surface area (Å²) in [5, 5.41) is 10.3. The average Bonchev–Trinajstić information content (AvgIpc) is 3.05. The Balaban J connectivity index is 2.33. The molecule has 2 aromatic rings. The third kappa shape index (κ3) is 4.19. The molecule has 0 spiro atoms. The lowest BCUT2D eigenvalue weighted by Crippen LogP contribution is -2.47. The minimum atomic E-state index is -5.18. The van der Waals surface area contributed by atoms with Gasteiger partial charge in [0, 0.05) is 32.3 Å². The molecule has 0 unspecified atom stereocenters. The van der Waals surface area contributed by atoms with Gasteiger partial charge in [-0.3, -0.25) is 4.79 Å². The fourth-order valence-electron chi connectivity index (χ4n) is 3.05. The van der Waals surface area contributed by atoms with Crippen LogP contribution in [0.3, 0.4) is 0 Å². The molecule has 2 atom stereocenters. The highest BCUT2D eigenvalue weighted by molar-refractivity contribution is 14.2. The second kappa shape index (κ2) is 8.54. The van der Waals surface area contributed by atoms with Gasteiger partial charge in [-0.05, 0) is 31.2 Å². The summed E-state index contributed by atoms with van der Waals surface area (Å²) in [4.78, 5) is 16.1. The van der Waals surface area contributed by atoms with Crippen LogP contribution in [-0.4, -0.2) is 35.4 Å². The Morgan fingerprint density at radius 2 is 2.13 bits per heavy atom. The van der Waals surface area contributed by atoms with Crippen molar-refractivity contribution in [2.24, 2.45) is 5.73 Å². The molecule has 0 radical (unpaired) electrons. The van der Waals surface area contributed by atoms with E-state index in [0.29, 0.717) is 9.21 Å². The molecule has 0 saturated carbocycles. The molecule has 1 aliphatic rings. The normalized spacial score (nSPS) is 20.1. The van der Waals surface area contributed by atoms with E-state index in [9.17, 15) is 27.5 Å². The molecule has 13 heteroatoms. The Bertz CT molecular complexity index is 1040. The van der Waals surface area contributed by atoms with E-state index >= 15 is 0 Å². The van der Waals surface area contributed by atoms with E-state index in [1.165, 1.54) is 13.0 Å². The number of hydrogen-bond acceptors (Lipinski definition) is 6. The second-order valence-corrected chi connectivity index (χ2v) is 8.88. The van der Waals surface area contributed by atoms with Gasteiger partial charge < -0.3 is 19.8 Å². The van der Waals surface area contributed by atoms with Crippen LogP contribution in [0.25, 0.3) is 11.3 Å². The molecular formula is C18H14ClF4IN2O4S. The number of ether oxygens (including phenoxy) is 1. The largest absolute Gasteiger partial charge is 0.489 e. The number of aromatic nitrogens is 1. The Kier molecular flexibility index (Phi) is 6.69. The number of halogens is 6. The monoisotopic (exact) mass is 592 g/mol. The van der Waals surface area contributed by atoms with Gasteiger partial charge in [0.05, 0.1) is 19.9 Å². The van der Waals surface area contributed by atoms with Crippen molar-refractivity contribution >= 4 is 47.9 Å². The number of alkyl halides is 3. The lowest BCUT2D eigenvalue weighted by molar-refractivity contribution is -0.275. The molecule has 1 amide bonds. The van der Waals surface area contributed by atoms with Crippen molar-refractivity contribution in [3.8, 4) is 17.0 Å². The van der Waals surface area contributed by atoms with Crippen LogP contribution >= 0.6 is 42.0 Å². The van der Waals surface area contributed by atoms with Crippen molar-refractivity contribution in [2.45, 2.75) is 24.1 Å². The maximum absolute atomic E-state index is 13.9. The highest BCUT2D eigenvalue weighted by Crippen LogP contribution is 2.48. The van der Waals surface area contributed by atoms with E-state index in [1.807, 2.05) is 0 Å². The standard InChI is InChI=1S/C18H14ClF4IN2O4S/c1-16(15(25)27)6-29-14-9(16)5-12(17(28,7-30-31-24)18(21,22)23)26-13(14)8-2-3-11(20)10(19)4-8/h2-5,28H,6-7H2,1H3,(H2,25,27)/t16-,17-/m0/s1. The number of fused-ring (bicyclic) bond motifs is 1. The Morgan fingerprint density at radius 3 is 2.68 bits per heavy atom. The smallest absolute Gasteiger partial charge is 0.425 e. The number of aliphatic hydroxyl groups is 1. The van der Waals surface area contributed by atoms with Crippen LogP contribution in [0, 0.1) is 5.82 Å². The van der Waals surface area contributed by atoms with Crippen molar-refractivity contribution < 1.29 is 36.4 Å². The van der Waals surface area contributed by atoms with E-state index in [2.05, 4.69) is 4.98 Å². The van der Waals surface area contributed by atoms with Gasteiger partial charge in [0.2, 0.25) is 11.5 Å². The number of rotatable bonds is 6. The lowest BCUT2D eigenvalue weighted by Gasteiger charge is -2.30. The first-order valence-electron chi connectivity index (χ1n) is 8.48. The number of primary amides is 1. The van der Waals surface area contributed by atoms with E-state index in [0.717, 1.165) is 18.2 Å². The van der Waals surface area contributed by atoms with Crippen LogP contribution in [0.2, 0.25) is 5.02 Å².